The molecule has 0 aliphatic carbocycles. The van der Waals surface area contributed by atoms with Crippen LogP contribution < -0.4 is 0 Å². The Bertz CT molecular complexity index is 964. The number of thiophene rings is 1. The minimum absolute atomic E-state index is 0.0997. The molecule has 1 amide bonds. The molecule has 4 nitrogen and oxygen atoms in total. The van der Waals surface area contributed by atoms with Crippen molar-refractivity contribution in [3.05, 3.63) is 82.1 Å². The third-order valence-corrected chi connectivity index (χ3v) is 5.42. The van der Waals surface area contributed by atoms with Gasteiger partial charge in [0.05, 0.1) is 25.8 Å². The van der Waals surface area contributed by atoms with Crippen LogP contribution in [0.1, 0.15) is 21.9 Å². The Kier molecular flexibility index (Phi) is 4.63. The molecule has 132 valence electrons. The second kappa shape index (κ2) is 7.22. The van der Waals surface area contributed by atoms with Crippen molar-refractivity contribution in [3.8, 4) is 0 Å². The molecule has 0 saturated carbocycles. The molecule has 1 aromatic carbocycles. The largest absolute Gasteiger partial charge is 0.467 e. The Hall–Kier alpha value is -2.79. The minimum atomic E-state index is 0.0997. The molecular formula is C21H20N2O2S. The van der Waals surface area contributed by atoms with Gasteiger partial charge >= 0.3 is 0 Å². The van der Waals surface area contributed by atoms with Gasteiger partial charge in [-0.1, -0.05) is 24.3 Å². The zero-order valence-electron chi connectivity index (χ0n) is 14.6. The molecule has 0 atom stereocenters. The number of H-pyrrole nitrogens is 1. The molecule has 3 heterocycles. The van der Waals surface area contributed by atoms with Gasteiger partial charge in [-0.2, -0.15) is 0 Å². The molecule has 0 bridgehead atoms. The molecule has 3 aromatic heterocycles. The van der Waals surface area contributed by atoms with Gasteiger partial charge < -0.3 is 14.3 Å². The van der Waals surface area contributed by atoms with Crippen LogP contribution in [0.25, 0.3) is 10.9 Å². The summed E-state index contributed by atoms with van der Waals surface area (Å²) in [6, 6.07) is 16.0. The van der Waals surface area contributed by atoms with Crippen molar-refractivity contribution in [2.24, 2.45) is 0 Å². The summed E-state index contributed by atoms with van der Waals surface area (Å²) in [7, 11) is 0. The smallest absolute Gasteiger partial charge is 0.227 e. The number of aryl methyl sites for hydroxylation is 1. The Labute approximate surface area is 156 Å². The van der Waals surface area contributed by atoms with E-state index in [2.05, 4.69) is 17.1 Å². The first-order valence-electron chi connectivity index (χ1n) is 8.59. The Morgan fingerprint density at radius 1 is 1.12 bits per heavy atom. The van der Waals surface area contributed by atoms with Crippen LogP contribution in [0.5, 0.6) is 0 Å². The van der Waals surface area contributed by atoms with E-state index in [0.29, 0.717) is 19.5 Å². The van der Waals surface area contributed by atoms with Gasteiger partial charge in [0.15, 0.2) is 0 Å². The number of para-hydroxylation sites is 1. The maximum Gasteiger partial charge on any atom is 0.227 e. The highest BCUT2D eigenvalue weighted by Crippen LogP contribution is 2.24. The average molecular weight is 364 g/mol. The average Bonchev–Trinajstić information content (AvgIpc) is 3.37. The van der Waals surface area contributed by atoms with E-state index in [0.717, 1.165) is 27.9 Å². The van der Waals surface area contributed by atoms with Crippen LogP contribution in [0.4, 0.5) is 0 Å². The predicted octanol–water partition coefficient (Wildman–Crippen LogP) is 4.90. The fraction of sp³-hybridized carbons (Fsp3) is 0.190. The van der Waals surface area contributed by atoms with E-state index in [4.69, 9.17) is 4.42 Å². The van der Waals surface area contributed by atoms with Crippen LogP contribution in [-0.4, -0.2) is 15.8 Å². The fourth-order valence-electron chi connectivity index (χ4n) is 3.24. The van der Waals surface area contributed by atoms with E-state index in [9.17, 15) is 4.79 Å². The summed E-state index contributed by atoms with van der Waals surface area (Å²) in [5, 5.41) is 3.15. The number of rotatable bonds is 6. The Morgan fingerprint density at radius 3 is 2.77 bits per heavy atom. The second-order valence-electron chi connectivity index (χ2n) is 6.36. The van der Waals surface area contributed by atoms with Gasteiger partial charge in [-0.3, -0.25) is 4.79 Å². The second-order valence-corrected chi connectivity index (χ2v) is 7.39. The van der Waals surface area contributed by atoms with Crippen molar-refractivity contribution >= 4 is 28.1 Å². The maximum absolute atomic E-state index is 13.1. The van der Waals surface area contributed by atoms with E-state index in [1.165, 1.54) is 4.88 Å². The predicted molar refractivity (Wildman–Crippen MR) is 104 cm³/mol. The quantitative estimate of drug-likeness (QED) is 0.529. The van der Waals surface area contributed by atoms with E-state index in [1.54, 1.807) is 17.6 Å². The highest BCUT2D eigenvalue weighted by Gasteiger charge is 2.19. The normalized spacial score (nSPS) is 11.1. The van der Waals surface area contributed by atoms with E-state index in [1.807, 2.05) is 53.6 Å². The lowest BCUT2D eigenvalue weighted by Crippen LogP contribution is -2.31. The number of furan rings is 1. The van der Waals surface area contributed by atoms with Gasteiger partial charge in [0.2, 0.25) is 5.91 Å². The molecule has 4 aromatic rings. The number of benzene rings is 1. The molecule has 4 rings (SSSR count). The zero-order chi connectivity index (χ0) is 17.9. The number of amides is 1. The number of aromatic nitrogens is 1. The molecule has 0 unspecified atom stereocenters. The van der Waals surface area contributed by atoms with Crippen LogP contribution in [-0.2, 0) is 24.3 Å². The summed E-state index contributed by atoms with van der Waals surface area (Å²) < 4.78 is 5.47. The summed E-state index contributed by atoms with van der Waals surface area (Å²) in [6.45, 7) is 3.10. The molecule has 26 heavy (non-hydrogen) atoms. The third kappa shape index (κ3) is 3.44. The van der Waals surface area contributed by atoms with Gasteiger partial charge in [-0.25, -0.2) is 0 Å². The highest BCUT2D eigenvalue weighted by atomic mass is 32.1. The van der Waals surface area contributed by atoms with Gasteiger partial charge in [-0.05, 0) is 42.1 Å². The topological polar surface area (TPSA) is 49.2 Å². The molecule has 0 radical (unpaired) electrons. The summed E-state index contributed by atoms with van der Waals surface area (Å²) in [4.78, 5) is 19.5. The monoisotopic (exact) mass is 364 g/mol. The lowest BCUT2D eigenvalue weighted by molar-refractivity contribution is -0.131. The lowest BCUT2D eigenvalue weighted by Gasteiger charge is -2.21. The standard InChI is InChI=1S/C21H20N2O2S/c1-15-19(18-8-2-3-9-20(18)22-15)12-21(24)23(13-16-6-4-10-25-16)14-17-7-5-11-26-17/h2-11,22H,12-14H2,1H3. The number of hydrogen-bond donors (Lipinski definition) is 1. The molecule has 0 fully saturated rings. The highest BCUT2D eigenvalue weighted by molar-refractivity contribution is 7.09. The molecule has 0 saturated heterocycles. The number of hydrogen-bond acceptors (Lipinski definition) is 3. The molecular weight excluding hydrogens is 344 g/mol. The van der Waals surface area contributed by atoms with Gasteiger partial charge in [0.1, 0.15) is 5.76 Å². The molecule has 1 N–H and O–H groups in total. The fourth-order valence-corrected chi connectivity index (χ4v) is 3.96. The maximum atomic E-state index is 13.1. The molecule has 0 spiro atoms. The van der Waals surface area contributed by atoms with Crippen molar-refractivity contribution in [3.63, 3.8) is 0 Å². The minimum Gasteiger partial charge on any atom is -0.467 e. The molecule has 0 aliphatic rings. The number of nitrogens with one attached hydrogen (secondary N) is 1. The van der Waals surface area contributed by atoms with Gasteiger partial charge in [-0.15, -0.1) is 11.3 Å². The third-order valence-electron chi connectivity index (χ3n) is 4.56. The first kappa shape index (κ1) is 16.7. The number of nitrogens with zero attached hydrogens (tertiary/aromatic N) is 1. The van der Waals surface area contributed by atoms with Crippen molar-refractivity contribution in [2.45, 2.75) is 26.4 Å². The first-order chi connectivity index (χ1) is 12.7. The van der Waals surface area contributed by atoms with Gasteiger partial charge in [0, 0.05) is 21.5 Å². The number of carbonyl (C=O) groups is 1. The van der Waals surface area contributed by atoms with E-state index >= 15 is 0 Å². The summed E-state index contributed by atoms with van der Waals surface area (Å²) in [6.07, 6.45) is 2.02. The van der Waals surface area contributed by atoms with E-state index in [-0.39, 0.29) is 5.91 Å². The van der Waals surface area contributed by atoms with Crippen LogP contribution >= 0.6 is 11.3 Å². The summed E-state index contributed by atoms with van der Waals surface area (Å²) in [5.74, 6) is 0.896. The molecule has 0 aliphatic heterocycles. The van der Waals surface area contributed by atoms with Crippen LogP contribution in [0, 0.1) is 6.92 Å². The number of fused-ring (bicyclic) bond motifs is 1. The SMILES string of the molecule is Cc1[nH]c2ccccc2c1CC(=O)N(Cc1ccco1)Cc1cccs1. The van der Waals surface area contributed by atoms with E-state index < -0.39 is 0 Å². The first-order valence-corrected chi connectivity index (χ1v) is 9.47. The van der Waals surface area contributed by atoms with Gasteiger partial charge in [0.25, 0.3) is 0 Å². The lowest BCUT2D eigenvalue weighted by atomic mass is 10.1. The van der Waals surface area contributed by atoms with Crippen LogP contribution in [0.2, 0.25) is 0 Å². The van der Waals surface area contributed by atoms with Crippen LogP contribution in [0.15, 0.2) is 64.6 Å². The number of carbonyl (C=O) groups excluding carboxylic acids is 1. The summed E-state index contributed by atoms with van der Waals surface area (Å²) in [5.41, 5.74) is 3.19. The van der Waals surface area contributed by atoms with Crippen molar-refractivity contribution in [2.75, 3.05) is 0 Å². The number of aromatic amines is 1. The van der Waals surface area contributed by atoms with Crippen LogP contribution in [0.3, 0.4) is 0 Å². The molecule has 5 heteroatoms. The van der Waals surface area contributed by atoms with Crippen molar-refractivity contribution < 1.29 is 9.21 Å². The Balaban J connectivity index is 1.59. The Morgan fingerprint density at radius 2 is 2.00 bits per heavy atom. The van der Waals surface area contributed by atoms with Crippen molar-refractivity contribution in [1.29, 1.82) is 0 Å². The van der Waals surface area contributed by atoms with Crippen molar-refractivity contribution in [1.82, 2.24) is 9.88 Å². The summed E-state index contributed by atoms with van der Waals surface area (Å²) >= 11 is 1.66. The zero-order valence-corrected chi connectivity index (χ0v) is 15.4.